The smallest absolute Gasteiger partial charge is 0.169 e. The Morgan fingerprint density at radius 1 is 1.38 bits per heavy atom. The SMILES string of the molecule is C/C=C1/SC(=Nc2ccccc2CC(C)=O)N(C)C1(C)C. The second-order valence-electron chi connectivity index (χ2n) is 5.77. The van der Waals surface area contributed by atoms with Crippen molar-refractivity contribution >= 4 is 28.4 Å². The zero-order valence-corrected chi connectivity index (χ0v) is 14.1. The van der Waals surface area contributed by atoms with Gasteiger partial charge < -0.3 is 4.90 Å². The predicted molar refractivity (Wildman–Crippen MR) is 91.1 cm³/mol. The van der Waals surface area contributed by atoms with Crippen molar-refractivity contribution in [1.82, 2.24) is 4.90 Å². The van der Waals surface area contributed by atoms with Gasteiger partial charge in [-0.25, -0.2) is 4.99 Å². The average molecular weight is 302 g/mol. The molecule has 1 aromatic rings. The summed E-state index contributed by atoms with van der Waals surface area (Å²) in [6, 6.07) is 7.86. The van der Waals surface area contributed by atoms with Gasteiger partial charge in [-0.05, 0) is 39.3 Å². The van der Waals surface area contributed by atoms with Crippen LogP contribution in [0, 0.1) is 0 Å². The number of likely N-dealkylation sites (N-methyl/N-ethyl adjacent to an activating group) is 1. The van der Waals surface area contributed by atoms with E-state index in [0.29, 0.717) is 6.42 Å². The summed E-state index contributed by atoms with van der Waals surface area (Å²) >= 11 is 1.70. The van der Waals surface area contributed by atoms with Gasteiger partial charge in [0.25, 0.3) is 0 Å². The molecule has 0 unspecified atom stereocenters. The maximum Gasteiger partial charge on any atom is 0.169 e. The molecule has 0 aromatic heterocycles. The van der Waals surface area contributed by atoms with E-state index in [2.05, 4.69) is 38.8 Å². The number of thioether (sulfide) groups is 1. The summed E-state index contributed by atoms with van der Waals surface area (Å²) in [5.74, 6) is 0.157. The highest BCUT2D eigenvalue weighted by Crippen LogP contribution is 2.43. The van der Waals surface area contributed by atoms with Gasteiger partial charge >= 0.3 is 0 Å². The number of rotatable bonds is 3. The van der Waals surface area contributed by atoms with Crippen molar-refractivity contribution in [3.8, 4) is 0 Å². The summed E-state index contributed by atoms with van der Waals surface area (Å²) in [7, 11) is 2.07. The third-order valence-corrected chi connectivity index (χ3v) is 5.34. The van der Waals surface area contributed by atoms with Crippen molar-refractivity contribution in [3.63, 3.8) is 0 Å². The van der Waals surface area contributed by atoms with Crippen LogP contribution >= 0.6 is 11.8 Å². The van der Waals surface area contributed by atoms with Gasteiger partial charge in [0.1, 0.15) is 5.78 Å². The fourth-order valence-electron chi connectivity index (χ4n) is 2.35. The molecule has 0 N–H and O–H groups in total. The molecular formula is C17H22N2OS. The standard InChI is InChI=1S/C17H22N2OS/c1-6-15-17(3,4)19(5)16(21-15)18-14-10-8-7-9-13(14)11-12(2)20/h6-10H,11H2,1-5H3/b15-6+,18-16?. The number of carbonyl (C=O) groups excluding carboxylic acids is 1. The molecule has 0 atom stereocenters. The van der Waals surface area contributed by atoms with Crippen LogP contribution in [0.4, 0.5) is 5.69 Å². The highest BCUT2D eigenvalue weighted by atomic mass is 32.2. The molecule has 3 nitrogen and oxygen atoms in total. The third kappa shape index (κ3) is 3.21. The first-order chi connectivity index (χ1) is 9.86. The lowest BCUT2D eigenvalue weighted by molar-refractivity contribution is -0.116. The van der Waals surface area contributed by atoms with Gasteiger partial charge in [-0.15, -0.1) is 0 Å². The minimum atomic E-state index is -0.0340. The zero-order valence-electron chi connectivity index (χ0n) is 13.3. The molecule has 1 aliphatic rings. The van der Waals surface area contributed by atoms with Gasteiger partial charge in [0.2, 0.25) is 0 Å². The van der Waals surface area contributed by atoms with Crippen LogP contribution < -0.4 is 0 Å². The van der Waals surface area contributed by atoms with Crippen LogP contribution in [0.1, 0.15) is 33.3 Å². The first-order valence-electron chi connectivity index (χ1n) is 7.10. The van der Waals surface area contributed by atoms with E-state index in [-0.39, 0.29) is 11.3 Å². The molecule has 1 heterocycles. The Morgan fingerprint density at radius 2 is 2.05 bits per heavy atom. The Balaban J connectivity index is 2.39. The molecule has 4 heteroatoms. The minimum Gasteiger partial charge on any atom is -0.344 e. The Hall–Kier alpha value is -1.55. The lowest BCUT2D eigenvalue weighted by Gasteiger charge is -2.29. The van der Waals surface area contributed by atoms with E-state index in [0.717, 1.165) is 16.4 Å². The van der Waals surface area contributed by atoms with Crippen molar-refractivity contribution in [1.29, 1.82) is 0 Å². The molecule has 0 saturated carbocycles. The van der Waals surface area contributed by atoms with Crippen molar-refractivity contribution in [2.75, 3.05) is 7.05 Å². The summed E-state index contributed by atoms with van der Waals surface area (Å²) < 4.78 is 0. The van der Waals surface area contributed by atoms with Crippen molar-refractivity contribution < 1.29 is 4.79 Å². The maximum absolute atomic E-state index is 11.4. The topological polar surface area (TPSA) is 32.7 Å². The van der Waals surface area contributed by atoms with Gasteiger partial charge in [0.15, 0.2) is 5.17 Å². The number of hydrogen-bond donors (Lipinski definition) is 0. The molecule has 0 bridgehead atoms. The van der Waals surface area contributed by atoms with Crippen molar-refractivity contribution in [3.05, 3.63) is 40.8 Å². The molecule has 0 aliphatic carbocycles. The monoisotopic (exact) mass is 302 g/mol. The van der Waals surface area contributed by atoms with E-state index in [9.17, 15) is 4.79 Å². The fraction of sp³-hybridized carbons (Fsp3) is 0.412. The molecule has 1 aliphatic heterocycles. The van der Waals surface area contributed by atoms with E-state index in [4.69, 9.17) is 4.99 Å². The molecule has 0 radical (unpaired) electrons. The first-order valence-corrected chi connectivity index (χ1v) is 7.92. The van der Waals surface area contributed by atoms with Gasteiger partial charge in [0.05, 0.1) is 11.2 Å². The molecule has 1 aromatic carbocycles. The average Bonchev–Trinajstić information content (AvgIpc) is 2.63. The van der Waals surface area contributed by atoms with Crippen LogP contribution in [0.25, 0.3) is 0 Å². The molecule has 0 spiro atoms. The largest absolute Gasteiger partial charge is 0.344 e. The lowest BCUT2D eigenvalue weighted by Crippen LogP contribution is -2.38. The molecular weight excluding hydrogens is 280 g/mol. The number of aliphatic imine (C=N–C) groups is 1. The summed E-state index contributed by atoms with van der Waals surface area (Å²) in [5, 5.41) is 0.976. The molecule has 1 saturated heterocycles. The summed E-state index contributed by atoms with van der Waals surface area (Å²) in [4.78, 5) is 19.7. The van der Waals surface area contributed by atoms with Crippen molar-refractivity contribution in [2.45, 2.75) is 39.7 Å². The van der Waals surface area contributed by atoms with E-state index >= 15 is 0 Å². The Morgan fingerprint density at radius 3 is 2.62 bits per heavy atom. The quantitative estimate of drug-likeness (QED) is 0.840. The van der Waals surface area contributed by atoms with Crippen LogP contribution in [0.2, 0.25) is 0 Å². The Labute approximate surface area is 131 Å². The number of ketones is 1. The highest BCUT2D eigenvalue weighted by Gasteiger charge is 2.38. The lowest BCUT2D eigenvalue weighted by atomic mass is 10.0. The van der Waals surface area contributed by atoms with Gasteiger partial charge in [-0.3, -0.25) is 4.79 Å². The number of allylic oxidation sites excluding steroid dienone is 1. The Kier molecular flexibility index (Phi) is 4.57. The highest BCUT2D eigenvalue weighted by molar-refractivity contribution is 8.17. The van der Waals surface area contributed by atoms with E-state index in [1.807, 2.05) is 24.3 Å². The van der Waals surface area contributed by atoms with Crippen LogP contribution in [0.15, 0.2) is 40.2 Å². The zero-order chi connectivity index (χ0) is 15.6. The number of Topliss-reactive ketones (excluding diaryl/α,β-unsaturated/α-hetero) is 1. The summed E-state index contributed by atoms with van der Waals surface area (Å²) in [6.07, 6.45) is 2.58. The van der Waals surface area contributed by atoms with E-state index < -0.39 is 0 Å². The third-order valence-electron chi connectivity index (χ3n) is 3.84. The number of carbonyl (C=O) groups is 1. The number of para-hydroxylation sites is 1. The molecule has 2 rings (SSSR count). The van der Waals surface area contributed by atoms with E-state index in [1.54, 1.807) is 18.7 Å². The van der Waals surface area contributed by atoms with Gasteiger partial charge in [0, 0.05) is 18.4 Å². The fourth-order valence-corrected chi connectivity index (χ4v) is 3.56. The summed E-state index contributed by atoms with van der Waals surface area (Å²) in [5.41, 5.74) is 1.83. The Bertz CT molecular complexity index is 617. The van der Waals surface area contributed by atoms with Crippen LogP contribution in [0.3, 0.4) is 0 Å². The molecule has 21 heavy (non-hydrogen) atoms. The first kappa shape index (κ1) is 15.8. The molecule has 112 valence electrons. The number of nitrogens with zero attached hydrogens (tertiary/aromatic N) is 2. The number of hydrogen-bond acceptors (Lipinski definition) is 3. The van der Waals surface area contributed by atoms with Crippen LogP contribution in [0.5, 0.6) is 0 Å². The van der Waals surface area contributed by atoms with Gasteiger partial charge in [-0.2, -0.15) is 0 Å². The normalized spacial score (nSPS) is 21.3. The predicted octanol–water partition coefficient (Wildman–Crippen LogP) is 4.17. The van der Waals surface area contributed by atoms with Gasteiger partial charge in [-0.1, -0.05) is 36.0 Å². The molecule has 0 amide bonds. The second-order valence-corrected chi connectivity index (χ2v) is 6.78. The van der Waals surface area contributed by atoms with Crippen molar-refractivity contribution in [2.24, 2.45) is 4.99 Å². The van der Waals surface area contributed by atoms with Crippen LogP contribution in [-0.4, -0.2) is 28.4 Å². The van der Waals surface area contributed by atoms with E-state index in [1.165, 1.54) is 4.91 Å². The molecule has 1 fully saturated rings. The minimum absolute atomic E-state index is 0.0340. The number of amidine groups is 1. The number of benzene rings is 1. The van der Waals surface area contributed by atoms with Crippen LogP contribution in [-0.2, 0) is 11.2 Å². The second kappa shape index (κ2) is 6.06. The maximum atomic E-state index is 11.4. The summed E-state index contributed by atoms with van der Waals surface area (Å²) in [6.45, 7) is 8.06.